The van der Waals surface area contributed by atoms with Crippen LogP contribution in [0.3, 0.4) is 0 Å². The van der Waals surface area contributed by atoms with Crippen molar-refractivity contribution in [2.75, 3.05) is 32.7 Å². The molecule has 0 amide bonds. The first-order valence-corrected chi connectivity index (χ1v) is 8.80. The average Bonchev–Trinajstić information content (AvgIpc) is 2.47. The molecule has 1 unspecified atom stereocenters. The second-order valence-corrected chi connectivity index (χ2v) is 7.19. The molecule has 0 radical (unpaired) electrons. The zero-order valence-corrected chi connectivity index (χ0v) is 13.8. The van der Waals surface area contributed by atoms with Gasteiger partial charge in [0.15, 0.2) is 0 Å². The van der Waals surface area contributed by atoms with E-state index in [1.54, 1.807) is 25.3 Å². The van der Waals surface area contributed by atoms with Crippen LogP contribution in [-0.4, -0.2) is 51.5 Å². The molecule has 5 nitrogen and oxygen atoms in total. The molecule has 118 valence electrons. The Bertz CT molecular complexity index is 591. The van der Waals surface area contributed by atoms with Crippen molar-refractivity contribution >= 4 is 21.6 Å². The number of hydrogen-bond donors (Lipinski definition) is 0. The highest BCUT2D eigenvalue weighted by atomic mass is 35.5. The normalized spacial score (nSPS) is 20.4. The molecule has 0 aromatic heterocycles. The fraction of sp³-hybridized carbons (Fsp3) is 0.571. The topological polar surface area (TPSA) is 55.8 Å². The van der Waals surface area contributed by atoms with Gasteiger partial charge in [0.2, 0.25) is 10.0 Å². The lowest BCUT2D eigenvalue weighted by atomic mass is 10.1. The van der Waals surface area contributed by atoms with E-state index < -0.39 is 10.0 Å². The van der Waals surface area contributed by atoms with Gasteiger partial charge in [-0.25, -0.2) is 8.42 Å². The highest BCUT2D eigenvalue weighted by Crippen LogP contribution is 2.27. The van der Waals surface area contributed by atoms with Gasteiger partial charge in [-0.15, -0.1) is 11.6 Å². The summed E-state index contributed by atoms with van der Waals surface area (Å²) in [6.07, 6.45) is 0.478. The molecule has 1 heterocycles. The van der Waals surface area contributed by atoms with Crippen LogP contribution in [0.25, 0.3) is 0 Å². The first-order chi connectivity index (χ1) is 10.0. The molecule has 0 bridgehead atoms. The number of aryl methyl sites for hydroxylation is 1. The van der Waals surface area contributed by atoms with Gasteiger partial charge in [0.05, 0.1) is 25.2 Å². The van der Waals surface area contributed by atoms with E-state index in [1.807, 2.05) is 6.92 Å². The molecule has 1 aromatic rings. The number of halogens is 1. The van der Waals surface area contributed by atoms with Crippen molar-refractivity contribution in [3.63, 3.8) is 0 Å². The second kappa shape index (κ2) is 6.96. The van der Waals surface area contributed by atoms with Crippen LogP contribution in [-0.2, 0) is 21.2 Å². The number of hydrogen-bond acceptors (Lipinski definition) is 4. The Morgan fingerprint density at radius 3 is 2.86 bits per heavy atom. The van der Waals surface area contributed by atoms with Crippen molar-refractivity contribution < 1.29 is 17.9 Å². The summed E-state index contributed by atoms with van der Waals surface area (Å²) < 4.78 is 37.7. The lowest BCUT2D eigenvalue weighted by molar-refractivity contribution is 0.0392. The second-order valence-electron chi connectivity index (χ2n) is 4.95. The van der Waals surface area contributed by atoms with Gasteiger partial charge in [0.1, 0.15) is 5.75 Å². The quantitative estimate of drug-likeness (QED) is 0.772. The van der Waals surface area contributed by atoms with Crippen LogP contribution in [0.1, 0.15) is 12.5 Å². The molecule has 1 aliphatic heterocycles. The minimum Gasteiger partial charge on any atom is -0.497 e. The van der Waals surface area contributed by atoms with Gasteiger partial charge >= 0.3 is 0 Å². The number of sulfonamides is 1. The summed E-state index contributed by atoms with van der Waals surface area (Å²) >= 11 is 5.80. The van der Waals surface area contributed by atoms with Gasteiger partial charge in [-0.1, -0.05) is 0 Å². The predicted octanol–water partition coefficient (Wildman–Crippen LogP) is 1.89. The highest BCUT2D eigenvalue weighted by Gasteiger charge is 2.32. The Labute approximate surface area is 130 Å². The summed E-state index contributed by atoms with van der Waals surface area (Å²) in [5, 5.41) is 0. The minimum absolute atomic E-state index is 0.172. The van der Waals surface area contributed by atoms with Gasteiger partial charge in [-0.2, -0.15) is 4.31 Å². The predicted molar refractivity (Wildman–Crippen MR) is 81.6 cm³/mol. The molecule has 0 spiro atoms. The van der Waals surface area contributed by atoms with Gasteiger partial charge in [-0.3, -0.25) is 0 Å². The molecule has 1 aromatic carbocycles. The smallest absolute Gasteiger partial charge is 0.243 e. The first kappa shape index (κ1) is 16.5. The van der Waals surface area contributed by atoms with Crippen molar-refractivity contribution in [3.8, 4) is 5.75 Å². The standard InChI is InChI=1S/C14H20ClNO4S/c1-11-10-20-8-7-16(11)21(17,18)14-4-3-13(19-2)9-12(14)5-6-15/h3-4,9,11H,5-8,10H2,1-2H3. The number of methoxy groups -OCH3 is 1. The fourth-order valence-electron chi connectivity index (χ4n) is 2.43. The zero-order valence-electron chi connectivity index (χ0n) is 12.2. The summed E-state index contributed by atoms with van der Waals surface area (Å²) in [4.78, 5) is 0.303. The molecule has 0 aliphatic carbocycles. The van der Waals surface area contributed by atoms with E-state index in [2.05, 4.69) is 0 Å². The molecule has 21 heavy (non-hydrogen) atoms. The molecule has 1 aliphatic rings. The maximum atomic E-state index is 12.9. The van der Waals surface area contributed by atoms with E-state index in [4.69, 9.17) is 21.1 Å². The molecule has 1 saturated heterocycles. The van der Waals surface area contributed by atoms with Crippen LogP contribution in [0.2, 0.25) is 0 Å². The Morgan fingerprint density at radius 2 is 2.24 bits per heavy atom. The Morgan fingerprint density at radius 1 is 1.48 bits per heavy atom. The molecule has 1 atom stereocenters. The third-order valence-corrected chi connectivity index (χ3v) is 5.83. The minimum atomic E-state index is -3.55. The Balaban J connectivity index is 2.43. The molecule has 0 saturated carbocycles. The number of nitrogens with zero attached hydrogens (tertiary/aromatic N) is 1. The van der Waals surface area contributed by atoms with E-state index in [0.29, 0.717) is 48.3 Å². The summed E-state index contributed by atoms with van der Waals surface area (Å²) in [5.74, 6) is 0.984. The van der Waals surface area contributed by atoms with Crippen molar-refractivity contribution in [3.05, 3.63) is 23.8 Å². The Kier molecular flexibility index (Phi) is 5.48. The van der Waals surface area contributed by atoms with Crippen molar-refractivity contribution in [1.29, 1.82) is 0 Å². The fourth-order valence-corrected chi connectivity index (χ4v) is 4.47. The number of benzene rings is 1. The molecular formula is C14H20ClNO4S. The van der Waals surface area contributed by atoms with Gasteiger partial charge in [0.25, 0.3) is 0 Å². The zero-order chi connectivity index (χ0) is 15.5. The highest BCUT2D eigenvalue weighted by molar-refractivity contribution is 7.89. The summed E-state index contributed by atoms with van der Waals surface area (Å²) in [7, 11) is -2.00. The number of morpholine rings is 1. The lowest BCUT2D eigenvalue weighted by Gasteiger charge is -2.32. The lowest BCUT2D eigenvalue weighted by Crippen LogP contribution is -2.47. The van der Waals surface area contributed by atoms with Crippen LogP contribution < -0.4 is 4.74 Å². The molecule has 2 rings (SSSR count). The molecule has 1 fully saturated rings. The van der Waals surface area contributed by atoms with Crippen molar-refractivity contribution in [2.24, 2.45) is 0 Å². The summed E-state index contributed by atoms with van der Waals surface area (Å²) in [6, 6.07) is 4.82. The summed E-state index contributed by atoms with van der Waals surface area (Å²) in [5.41, 5.74) is 0.683. The molecular weight excluding hydrogens is 314 g/mol. The third-order valence-electron chi connectivity index (χ3n) is 3.52. The van der Waals surface area contributed by atoms with Crippen LogP contribution in [0, 0.1) is 0 Å². The van der Waals surface area contributed by atoms with E-state index in [9.17, 15) is 8.42 Å². The first-order valence-electron chi connectivity index (χ1n) is 6.83. The van der Waals surface area contributed by atoms with E-state index in [1.165, 1.54) is 4.31 Å². The largest absolute Gasteiger partial charge is 0.497 e. The van der Waals surface area contributed by atoms with Crippen LogP contribution in [0.4, 0.5) is 0 Å². The van der Waals surface area contributed by atoms with Gasteiger partial charge in [-0.05, 0) is 37.1 Å². The molecule has 0 N–H and O–H groups in total. The maximum absolute atomic E-state index is 12.9. The Hall–Kier alpha value is -0.820. The van der Waals surface area contributed by atoms with Crippen molar-refractivity contribution in [2.45, 2.75) is 24.3 Å². The maximum Gasteiger partial charge on any atom is 0.243 e. The number of ether oxygens (including phenoxy) is 2. The SMILES string of the molecule is COc1ccc(S(=O)(=O)N2CCOCC2C)c(CCCl)c1. The van der Waals surface area contributed by atoms with Crippen molar-refractivity contribution in [1.82, 2.24) is 4.31 Å². The molecule has 7 heteroatoms. The van der Waals surface area contributed by atoms with Gasteiger partial charge in [0, 0.05) is 18.5 Å². The third kappa shape index (κ3) is 3.51. The van der Waals surface area contributed by atoms with Crippen LogP contribution >= 0.6 is 11.6 Å². The number of rotatable bonds is 5. The van der Waals surface area contributed by atoms with Gasteiger partial charge < -0.3 is 9.47 Å². The van der Waals surface area contributed by atoms with E-state index in [-0.39, 0.29) is 6.04 Å². The monoisotopic (exact) mass is 333 g/mol. The summed E-state index contributed by atoms with van der Waals surface area (Å²) in [6.45, 7) is 3.06. The van der Waals surface area contributed by atoms with E-state index >= 15 is 0 Å². The average molecular weight is 334 g/mol. The van der Waals surface area contributed by atoms with E-state index in [0.717, 1.165) is 0 Å². The van der Waals surface area contributed by atoms with Crippen LogP contribution in [0.5, 0.6) is 5.75 Å². The number of alkyl halides is 1. The van der Waals surface area contributed by atoms with Crippen LogP contribution in [0.15, 0.2) is 23.1 Å².